The predicted octanol–water partition coefficient (Wildman–Crippen LogP) is 5.11. The molecule has 1 saturated heterocycles. The summed E-state index contributed by atoms with van der Waals surface area (Å²) < 4.78 is 34.4. The van der Waals surface area contributed by atoms with E-state index in [1.165, 1.54) is 23.0 Å². The number of halogens is 3. The van der Waals surface area contributed by atoms with Crippen LogP contribution in [0.5, 0.6) is 0 Å². The smallest absolute Gasteiger partial charge is 0.292 e. The fourth-order valence-electron chi connectivity index (χ4n) is 3.86. The summed E-state index contributed by atoms with van der Waals surface area (Å²) in [7, 11) is 0. The van der Waals surface area contributed by atoms with E-state index in [9.17, 15) is 13.6 Å². The lowest BCUT2D eigenvalue weighted by Gasteiger charge is -2.29. The van der Waals surface area contributed by atoms with Crippen molar-refractivity contribution in [2.24, 2.45) is 0 Å². The van der Waals surface area contributed by atoms with Crippen LogP contribution < -0.4 is 15.8 Å². The van der Waals surface area contributed by atoms with Crippen LogP contribution in [0.3, 0.4) is 0 Å². The molecule has 9 heteroatoms. The summed E-state index contributed by atoms with van der Waals surface area (Å²) in [5, 5.41) is 7.05. The first-order chi connectivity index (χ1) is 15.9. The minimum atomic E-state index is -1.50. The second kappa shape index (κ2) is 9.89. The van der Waals surface area contributed by atoms with Crippen molar-refractivity contribution in [1.29, 1.82) is 0 Å². The SMILES string of the molecule is CCN(c1ccc(F)cc1)c1ccc(-n2ncc(NC[C@]3(F)CCCOC3)c(Cl)c2=O)cc1. The van der Waals surface area contributed by atoms with Gasteiger partial charge in [-0.05, 0) is 68.3 Å². The molecule has 1 fully saturated rings. The largest absolute Gasteiger partial charge is 0.379 e. The van der Waals surface area contributed by atoms with Crippen molar-refractivity contribution < 1.29 is 13.5 Å². The summed E-state index contributed by atoms with van der Waals surface area (Å²) in [6.45, 7) is 3.24. The lowest BCUT2D eigenvalue weighted by Crippen LogP contribution is -2.40. The van der Waals surface area contributed by atoms with Gasteiger partial charge >= 0.3 is 0 Å². The van der Waals surface area contributed by atoms with E-state index in [2.05, 4.69) is 10.4 Å². The number of hydrogen-bond acceptors (Lipinski definition) is 5. The molecule has 174 valence electrons. The van der Waals surface area contributed by atoms with Crippen molar-refractivity contribution >= 4 is 28.7 Å². The molecule has 0 radical (unpaired) electrons. The number of nitrogens with zero attached hydrogens (tertiary/aromatic N) is 3. The van der Waals surface area contributed by atoms with Crippen LogP contribution in [0, 0.1) is 5.82 Å². The average Bonchev–Trinajstić information content (AvgIpc) is 2.83. The number of rotatable bonds is 7. The number of ether oxygens (including phenoxy) is 1. The molecule has 1 aliphatic heterocycles. The van der Waals surface area contributed by atoms with Crippen molar-refractivity contribution in [3.05, 3.63) is 75.9 Å². The van der Waals surface area contributed by atoms with E-state index in [0.717, 1.165) is 11.4 Å². The van der Waals surface area contributed by atoms with Gasteiger partial charge in [-0.3, -0.25) is 4.79 Å². The zero-order valence-corrected chi connectivity index (χ0v) is 19.0. The van der Waals surface area contributed by atoms with Crippen LogP contribution in [0.1, 0.15) is 19.8 Å². The molecule has 1 N–H and O–H groups in total. The van der Waals surface area contributed by atoms with Crippen LogP contribution in [0.15, 0.2) is 59.5 Å². The number of alkyl halides is 1. The zero-order valence-electron chi connectivity index (χ0n) is 18.2. The van der Waals surface area contributed by atoms with Gasteiger partial charge in [0.2, 0.25) is 0 Å². The van der Waals surface area contributed by atoms with Crippen molar-refractivity contribution in [3.63, 3.8) is 0 Å². The van der Waals surface area contributed by atoms with E-state index < -0.39 is 11.2 Å². The Morgan fingerprint density at radius 1 is 1.18 bits per heavy atom. The van der Waals surface area contributed by atoms with Gasteiger partial charge in [0.15, 0.2) is 5.67 Å². The van der Waals surface area contributed by atoms with Gasteiger partial charge in [0.25, 0.3) is 5.56 Å². The fourth-order valence-corrected chi connectivity index (χ4v) is 4.06. The quantitative estimate of drug-likeness (QED) is 0.515. The fraction of sp³-hybridized carbons (Fsp3) is 0.333. The molecule has 2 heterocycles. The van der Waals surface area contributed by atoms with Crippen LogP contribution in [0.25, 0.3) is 5.69 Å². The van der Waals surface area contributed by atoms with Crippen molar-refractivity contribution in [3.8, 4) is 5.69 Å². The molecule has 0 unspecified atom stereocenters. The molecule has 1 aliphatic rings. The van der Waals surface area contributed by atoms with E-state index in [0.29, 0.717) is 31.7 Å². The third-order valence-corrected chi connectivity index (χ3v) is 6.01. The van der Waals surface area contributed by atoms with Crippen molar-refractivity contribution in [1.82, 2.24) is 9.78 Å². The number of aromatic nitrogens is 2. The summed E-state index contributed by atoms with van der Waals surface area (Å²) in [5.74, 6) is -0.292. The summed E-state index contributed by atoms with van der Waals surface area (Å²) >= 11 is 6.28. The standard InChI is InChI=1S/C24H25ClF2N4O2/c1-2-30(18-6-4-17(26)5-7-18)19-8-10-20(11-9-19)31-23(32)22(25)21(14-29-31)28-15-24(27)12-3-13-33-16-24/h4-11,14,28H,2-3,12-13,15-16H2,1H3/t24-/m1/s1. The number of hydrogen-bond donors (Lipinski definition) is 1. The Labute approximate surface area is 195 Å². The Bertz CT molecular complexity index is 1150. The van der Waals surface area contributed by atoms with E-state index in [1.807, 2.05) is 24.0 Å². The van der Waals surface area contributed by atoms with Crippen LogP contribution in [-0.4, -0.2) is 41.8 Å². The minimum absolute atomic E-state index is 0.0111. The van der Waals surface area contributed by atoms with Crippen LogP contribution >= 0.6 is 11.6 Å². The molecule has 0 saturated carbocycles. The zero-order chi connectivity index (χ0) is 23.4. The number of nitrogens with one attached hydrogen (secondary N) is 1. The van der Waals surface area contributed by atoms with Gasteiger partial charge in [0, 0.05) is 24.5 Å². The second-order valence-electron chi connectivity index (χ2n) is 7.99. The third kappa shape index (κ3) is 5.17. The van der Waals surface area contributed by atoms with Crippen molar-refractivity contribution in [2.45, 2.75) is 25.4 Å². The van der Waals surface area contributed by atoms with Gasteiger partial charge in [-0.25, -0.2) is 8.78 Å². The molecule has 2 aromatic carbocycles. The van der Waals surface area contributed by atoms with Crippen LogP contribution in [0.2, 0.25) is 5.02 Å². The maximum absolute atomic E-state index is 14.8. The molecule has 4 rings (SSSR count). The average molecular weight is 475 g/mol. The summed E-state index contributed by atoms with van der Waals surface area (Å²) in [6, 6.07) is 13.5. The van der Waals surface area contributed by atoms with Gasteiger partial charge in [-0.2, -0.15) is 9.78 Å². The van der Waals surface area contributed by atoms with Gasteiger partial charge in [0.05, 0.1) is 30.7 Å². The predicted molar refractivity (Wildman–Crippen MR) is 126 cm³/mol. The Morgan fingerprint density at radius 2 is 1.85 bits per heavy atom. The molecule has 6 nitrogen and oxygen atoms in total. The first kappa shape index (κ1) is 23.2. The molecule has 1 atom stereocenters. The normalized spacial score (nSPS) is 18.2. The van der Waals surface area contributed by atoms with E-state index in [-0.39, 0.29) is 29.7 Å². The molecule has 0 bridgehead atoms. The molecule has 0 amide bonds. The van der Waals surface area contributed by atoms with E-state index in [1.54, 1.807) is 24.3 Å². The Morgan fingerprint density at radius 3 is 2.45 bits per heavy atom. The minimum Gasteiger partial charge on any atom is -0.379 e. The molecule has 3 aromatic rings. The van der Waals surface area contributed by atoms with Crippen molar-refractivity contribution in [2.75, 3.05) is 36.5 Å². The topological polar surface area (TPSA) is 59.4 Å². The second-order valence-corrected chi connectivity index (χ2v) is 8.36. The maximum atomic E-state index is 14.8. The van der Waals surface area contributed by atoms with E-state index >= 15 is 0 Å². The van der Waals surface area contributed by atoms with Gasteiger partial charge in [-0.1, -0.05) is 11.6 Å². The van der Waals surface area contributed by atoms with Crippen LogP contribution in [0.4, 0.5) is 25.8 Å². The van der Waals surface area contributed by atoms with Gasteiger partial charge < -0.3 is 15.0 Å². The Kier molecular flexibility index (Phi) is 6.95. The molecule has 1 aromatic heterocycles. The lowest BCUT2D eigenvalue weighted by atomic mass is 9.99. The van der Waals surface area contributed by atoms with Gasteiger partial charge in [0.1, 0.15) is 10.8 Å². The molecule has 33 heavy (non-hydrogen) atoms. The Balaban J connectivity index is 1.52. The Hall–Kier alpha value is -2.97. The highest BCUT2D eigenvalue weighted by Gasteiger charge is 2.32. The van der Waals surface area contributed by atoms with Crippen LogP contribution in [-0.2, 0) is 4.74 Å². The maximum Gasteiger partial charge on any atom is 0.292 e. The highest BCUT2D eigenvalue weighted by Crippen LogP contribution is 2.27. The molecular formula is C24H25ClF2N4O2. The number of benzene rings is 2. The third-order valence-electron chi connectivity index (χ3n) is 5.65. The lowest BCUT2D eigenvalue weighted by molar-refractivity contribution is -0.0234. The highest BCUT2D eigenvalue weighted by molar-refractivity contribution is 6.32. The summed E-state index contributed by atoms with van der Waals surface area (Å²) in [6.07, 6.45) is 2.46. The summed E-state index contributed by atoms with van der Waals surface area (Å²) in [5.41, 5.74) is 0.554. The van der Waals surface area contributed by atoms with E-state index in [4.69, 9.17) is 16.3 Å². The highest BCUT2D eigenvalue weighted by atomic mass is 35.5. The molecular weight excluding hydrogens is 450 g/mol. The first-order valence-electron chi connectivity index (χ1n) is 10.8. The number of anilines is 3. The van der Waals surface area contributed by atoms with Gasteiger partial charge in [-0.15, -0.1) is 0 Å². The molecule has 0 aliphatic carbocycles. The monoisotopic (exact) mass is 474 g/mol. The first-order valence-corrected chi connectivity index (χ1v) is 11.2. The molecule has 0 spiro atoms. The summed E-state index contributed by atoms with van der Waals surface area (Å²) in [4.78, 5) is 14.8.